The number of hydrogen-bond donors (Lipinski definition) is 1. The topological polar surface area (TPSA) is 94.8 Å². The van der Waals surface area contributed by atoms with E-state index < -0.39 is 17.5 Å². The van der Waals surface area contributed by atoms with Crippen molar-refractivity contribution < 1.29 is 23.5 Å². The smallest absolute Gasteiger partial charge is 0.349 e. The van der Waals surface area contributed by atoms with Crippen molar-refractivity contribution in [2.75, 3.05) is 13.7 Å². The lowest BCUT2D eigenvalue weighted by Crippen LogP contribution is -2.28. The lowest BCUT2D eigenvalue weighted by molar-refractivity contribution is 0.0731. The number of methoxy groups -OCH3 is 1. The van der Waals surface area contributed by atoms with Crippen LogP contribution in [0.15, 0.2) is 70.4 Å². The molecule has 0 saturated carbocycles. The second kappa shape index (κ2) is 8.22. The Morgan fingerprint density at radius 3 is 2.68 bits per heavy atom. The summed E-state index contributed by atoms with van der Waals surface area (Å²) < 4.78 is 15.7. The zero-order chi connectivity index (χ0) is 20.1. The molecule has 1 N–H and O–H groups in total. The predicted molar refractivity (Wildman–Crippen MR) is 103 cm³/mol. The highest BCUT2D eigenvalue weighted by atomic mass is 16.5. The van der Waals surface area contributed by atoms with E-state index >= 15 is 0 Å². The fraction of sp³-hybridized carbons (Fsp3) is 0.0952. The Morgan fingerprint density at radius 1 is 1.14 bits per heavy atom. The Balaban J connectivity index is 1.88. The van der Waals surface area contributed by atoms with E-state index in [0.717, 1.165) is 0 Å². The molecule has 1 amide bonds. The molecule has 7 heteroatoms. The third-order valence-corrected chi connectivity index (χ3v) is 3.90. The quantitative estimate of drug-likeness (QED) is 0.306. The lowest BCUT2D eigenvalue weighted by atomic mass is 10.1. The maximum atomic E-state index is 12.4. The van der Waals surface area contributed by atoms with Crippen LogP contribution in [0.3, 0.4) is 0 Å². The minimum atomic E-state index is -0.790. The van der Waals surface area contributed by atoms with Gasteiger partial charge in [0.1, 0.15) is 28.2 Å². The summed E-state index contributed by atoms with van der Waals surface area (Å²) >= 11 is 0. The third-order valence-electron chi connectivity index (χ3n) is 3.90. The molecule has 2 aromatic carbocycles. The second-order valence-electron chi connectivity index (χ2n) is 5.74. The molecule has 0 bridgehead atoms. The molecule has 0 unspecified atom stereocenters. The third kappa shape index (κ3) is 3.93. The van der Waals surface area contributed by atoms with Crippen LogP contribution in [0.2, 0.25) is 0 Å². The summed E-state index contributed by atoms with van der Waals surface area (Å²) in [7, 11) is 1.46. The largest absolute Gasteiger partial charge is 0.496 e. The van der Waals surface area contributed by atoms with E-state index in [1.165, 1.54) is 25.3 Å². The van der Waals surface area contributed by atoms with Gasteiger partial charge in [0.15, 0.2) is 0 Å². The van der Waals surface area contributed by atoms with Crippen LogP contribution in [0.5, 0.6) is 11.5 Å². The molecular weight excluding hydrogens is 362 g/mol. The molecular formula is C21H17NO6. The van der Waals surface area contributed by atoms with Crippen LogP contribution in [-0.2, 0) is 0 Å². The number of ether oxygens (including phenoxy) is 2. The highest BCUT2D eigenvalue weighted by Crippen LogP contribution is 2.24. The normalized spacial score (nSPS) is 10.3. The van der Waals surface area contributed by atoms with Gasteiger partial charge in [-0.25, -0.2) is 9.59 Å². The molecule has 0 atom stereocenters. The Morgan fingerprint density at radius 2 is 1.93 bits per heavy atom. The van der Waals surface area contributed by atoms with E-state index in [-0.39, 0.29) is 29.0 Å². The minimum absolute atomic E-state index is 0.117. The van der Waals surface area contributed by atoms with Gasteiger partial charge in [-0.2, -0.15) is 0 Å². The van der Waals surface area contributed by atoms with Crippen LogP contribution in [0, 0.1) is 0 Å². The molecule has 1 aromatic heterocycles. The van der Waals surface area contributed by atoms with Gasteiger partial charge in [0.05, 0.1) is 7.11 Å². The van der Waals surface area contributed by atoms with Crippen molar-refractivity contribution in [2.24, 2.45) is 0 Å². The summed E-state index contributed by atoms with van der Waals surface area (Å²) in [5.74, 6) is -0.591. The highest BCUT2D eigenvalue weighted by molar-refractivity contribution is 5.97. The first-order chi connectivity index (χ1) is 13.5. The number of rotatable bonds is 6. The molecule has 3 rings (SSSR count). The maximum absolute atomic E-state index is 12.4. The van der Waals surface area contributed by atoms with Gasteiger partial charge >= 0.3 is 11.6 Å². The van der Waals surface area contributed by atoms with E-state index in [1.807, 2.05) is 0 Å². The first-order valence-corrected chi connectivity index (χ1v) is 8.35. The first-order valence-electron chi connectivity index (χ1n) is 8.35. The molecule has 0 saturated heterocycles. The minimum Gasteiger partial charge on any atom is -0.496 e. The summed E-state index contributed by atoms with van der Waals surface area (Å²) in [6.07, 6.45) is 1.50. The maximum Gasteiger partial charge on any atom is 0.349 e. The number of fused-ring (bicyclic) bond motifs is 1. The number of benzene rings is 2. The molecule has 0 fully saturated rings. The van der Waals surface area contributed by atoms with Crippen LogP contribution >= 0.6 is 0 Å². The Labute approximate surface area is 160 Å². The molecule has 0 radical (unpaired) electrons. The van der Waals surface area contributed by atoms with Crippen molar-refractivity contribution in [3.05, 3.63) is 82.7 Å². The second-order valence-corrected chi connectivity index (χ2v) is 5.74. The first kappa shape index (κ1) is 18.9. The van der Waals surface area contributed by atoms with Crippen molar-refractivity contribution >= 4 is 22.8 Å². The van der Waals surface area contributed by atoms with E-state index in [1.54, 1.807) is 36.4 Å². The summed E-state index contributed by atoms with van der Waals surface area (Å²) in [4.78, 5) is 36.5. The number of para-hydroxylation sites is 1. The molecule has 0 aliphatic rings. The number of carbonyl (C=O) groups excluding carboxylic acids is 2. The van der Waals surface area contributed by atoms with Gasteiger partial charge in [0.2, 0.25) is 0 Å². The van der Waals surface area contributed by atoms with E-state index in [4.69, 9.17) is 13.9 Å². The number of esters is 1. The Kier molecular flexibility index (Phi) is 5.55. The van der Waals surface area contributed by atoms with Crippen LogP contribution in [-0.4, -0.2) is 25.5 Å². The van der Waals surface area contributed by atoms with Crippen LogP contribution < -0.4 is 20.4 Å². The van der Waals surface area contributed by atoms with Gasteiger partial charge in [-0.3, -0.25) is 4.79 Å². The summed E-state index contributed by atoms with van der Waals surface area (Å²) in [6.45, 7) is 3.73. The van der Waals surface area contributed by atoms with Crippen molar-refractivity contribution in [3.8, 4) is 11.5 Å². The zero-order valence-electron chi connectivity index (χ0n) is 15.1. The highest BCUT2D eigenvalue weighted by Gasteiger charge is 2.16. The summed E-state index contributed by atoms with van der Waals surface area (Å²) in [6, 6.07) is 12.6. The Bertz CT molecular complexity index is 1120. The molecule has 3 aromatic rings. The average molecular weight is 379 g/mol. The monoisotopic (exact) mass is 379 g/mol. The van der Waals surface area contributed by atoms with Gasteiger partial charge in [-0.15, -0.1) is 6.58 Å². The van der Waals surface area contributed by atoms with Crippen LogP contribution in [0.4, 0.5) is 0 Å². The summed E-state index contributed by atoms with van der Waals surface area (Å²) in [5.41, 5.74) is -0.452. The number of carbonyl (C=O) groups is 2. The molecule has 142 valence electrons. The van der Waals surface area contributed by atoms with Crippen molar-refractivity contribution in [3.63, 3.8) is 0 Å². The van der Waals surface area contributed by atoms with Crippen LogP contribution in [0.1, 0.15) is 20.7 Å². The van der Waals surface area contributed by atoms with Gasteiger partial charge in [-0.1, -0.05) is 18.2 Å². The molecule has 0 spiro atoms. The van der Waals surface area contributed by atoms with Crippen LogP contribution in [0.25, 0.3) is 11.0 Å². The molecule has 1 heterocycles. The Hall–Kier alpha value is -3.87. The number of amides is 1. The SMILES string of the molecule is C=CCNC(=O)c1cc2ccc(OC(=O)c3ccccc3OC)cc2oc1=O. The molecule has 0 aliphatic heterocycles. The van der Waals surface area contributed by atoms with Gasteiger partial charge in [-0.05, 0) is 30.3 Å². The molecule has 0 aliphatic carbocycles. The average Bonchev–Trinajstić information content (AvgIpc) is 2.71. The van der Waals surface area contributed by atoms with E-state index in [0.29, 0.717) is 11.1 Å². The van der Waals surface area contributed by atoms with Crippen molar-refractivity contribution in [2.45, 2.75) is 0 Å². The number of hydrogen-bond acceptors (Lipinski definition) is 6. The van der Waals surface area contributed by atoms with E-state index in [9.17, 15) is 14.4 Å². The molecule has 7 nitrogen and oxygen atoms in total. The van der Waals surface area contributed by atoms with Gasteiger partial charge in [0, 0.05) is 18.0 Å². The van der Waals surface area contributed by atoms with Crippen molar-refractivity contribution in [1.82, 2.24) is 5.32 Å². The van der Waals surface area contributed by atoms with Gasteiger partial charge in [0.25, 0.3) is 5.91 Å². The number of nitrogens with one attached hydrogen (secondary N) is 1. The lowest BCUT2D eigenvalue weighted by Gasteiger charge is -2.09. The van der Waals surface area contributed by atoms with Gasteiger partial charge < -0.3 is 19.2 Å². The van der Waals surface area contributed by atoms with Crippen molar-refractivity contribution in [1.29, 1.82) is 0 Å². The zero-order valence-corrected chi connectivity index (χ0v) is 15.1. The predicted octanol–water partition coefficient (Wildman–Crippen LogP) is 2.94. The van der Waals surface area contributed by atoms with E-state index in [2.05, 4.69) is 11.9 Å². The fourth-order valence-electron chi connectivity index (χ4n) is 2.55. The molecule has 28 heavy (non-hydrogen) atoms. The standard InChI is InChI=1S/C21H17NO6/c1-3-10-22-19(23)16-11-13-8-9-14(12-18(13)28-21(16)25)27-20(24)15-6-4-5-7-17(15)26-2/h3-9,11-12H,1,10H2,2H3,(H,22,23). The fourth-order valence-corrected chi connectivity index (χ4v) is 2.55. The summed E-state index contributed by atoms with van der Waals surface area (Å²) in [5, 5.41) is 3.04.